The van der Waals surface area contributed by atoms with Crippen LogP contribution in [0.3, 0.4) is 0 Å². The number of amides is 1. The number of aliphatic carboxylic acids is 1. The van der Waals surface area contributed by atoms with Gasteiger partial charge < -0.3 is 10.4 Å². The van der Waals surface area contributed by atoms with E-state index < -0.39 is 21.8 Å². The van der Waals surface area contributed by atoms with Crippen molar-refractivity contribution in [2.24, 2.45) is 0 Å². The molecule has 0 saturated heterocycles. The summed E-state index contributed by atoms with van der Waals surface area (Å²) >= 11 is 0. The molecule has 0 aliphatic heterocycles. The Hall–Kier alpha value is -2.67. The number of carboxylic acids is 1. The predicted molar refractivity (Wildman–Crippen MR) is 102 cm³/mol. The van der Waals surface area contributed by atoms with Crippen LogP contribution in [-0.2, 0) is 25.8 Å². The number of aryl methyl sites for hydroxylation is 1. The molecule has 0 aliphatic carbocycles. The molecule has 0 fully saturated rings. The number of benzene rings is 2. The zero-order valence-electron chi connectivity index (χ0n) is 15.1. The van der Waals surface area contributed by atoms with Gasteiger partial charge in [-0.2, -0.15) is 0 Å². The minimum atomic E-state index is -3.24. The van der Waals surface area contributed by atoms with Crippen molar-refractivity contribution in [3.05, 3.63) is 65.7 Å². The Balaban J connectivity index is 1.97. The lowest BCUT2D eigenvalue weighted by Gasteiger charge is -2.17. The summed E-state index contributed by atoms with van der Waals surface area (Å²) in [6.07, 6.45) is 0.426. The molecule has 27 heavy (non-hydrogen) atoms. The van der Waals surface area contributed by atoms with Crippen LogP contribution in [0.25, 0.3) is 0 Å². The van der Waals surface area contributed by atoms with Crippen molar-refractivity contribution in [3.8, 4) is 0 Å². The highest BCUT2D eigenvalue weighted by atomic mass is 32.2. The van der Waals surface area contributed by atoms with Gasteiger partial charge in [0.15, 0.2) is 9.84 Å². The highest BCUT2D eigenvalue weighted by molar-refractivity contribution is 7.91. The summed E-state index contributed by atoms with van der Waals surface area (Å²) in [5.74, 6) is -1.20. The number of rotatable bonds is 9. The first kappa shape index (κ1) is 20.6. The number of carbonyl (C=O) groups is 2. The van der Waals surface area contributed by atoms with E-state index in [1.807, 2.05) is 6.07 Å². The Morgan fingerprint density at radius 1 is 1.04 bits per heavy atom. The van der Waals surface area contributed by atoms with Gasteiger partial charge in [-0.05, 0) is 29.7 Å². The maximum absolute atomic E-state index is 12.3. The molecule has 0 saturated carbocycles. The fourth-order valence-corrected chi connectivity index (χ4v) is 3.55. The van der Waals surface area contributed by atoms with Crippen LogP contribution >= 0.6 is 0 Å². The zero-order valence-corrected chi connectivity index (χ0v) is 15.9. The Kier molecular flexibility index (Phi) is 7.12. The van der Waals surface area contributed by atoms with Crippen molar-refractivity contribution in [3.63, 3.8) is 0 Å². The molecular weight excluding hydrogens is 366 g/mol. The van der Waals surface area contributed by atoms with E-state index in [0.717, 1.165) is 11.1 Å². The molecule has 1 unspecified atom stereocenters. The van der Waals surface area contributed by atoms with Gasteiger partial charge in [-0.3, -0.25) is 9.59 Å². The molecule has 0 bridgehead atoms. The molecular formula is C20H23NO5S. The van der Waals surface area contributed by atoms with E-state index in [2.05, 4.69) is 5.32 Å². The average molecular weight is 389 g/mol. The van der Waals surface area contributed by atoms with Crippen molar-refractivity contribution >= 4 is 21.7 Å². The van der Waals surface area contributed by atoms with E-state index in [9.17, 15) is 18.0 Å². The molecule has 2 N–H and O–H groups in total. The van der Waals surface area contributed by atoms with Crippen LogP contribution in [0.5, 0.6) is 0 Å². The summed E-state index contributed by atoms with van der Waals surface area (Å²) in [6.45, 7) is 1.59. The molecule has 2 rings (SSSR count). The van der Waals surface area contributed by atoms with Crippen molar-refractivity contribution in [1.82, 2.24) is 5.32 Å². The highest BCUT2D eigenvalue weighted by Crippen LogP contribution is 2.17. The van der Waals surface area contributed by atoms with E-state index in [1.165, 1.54) is 0 Å². The van der Waals surface area contributed by atoms with Crippen molar-refractivity contribution in [2.45, 2.75) is 37.1 Å². The lowest BCUT2D eigenvalue weighted by molar-refractivity contribution is -0.137. The summed E-state index contributed by atoms with van der Waals surface area (Å²) in [5, 5.41) is 11.8. The fraction of sp³-hybridized carbons (Fsp3) is 0.300. The molecule has 0 radical (unpaired) electrons. The molecule has 0 aliphatic rings. The molecule has 1 amide bonds. The zero-order chi connectivity index (χ0) is 19.9. The highest BCUT2D eigenvalue weighted by Gasteiger charge is 2.18. The maximum Gasteiger partial charge on any atom is 0.305 e. The predicted octanol–water partition coefficient (Wildman–Crippen LogP) is 2.75. The molecule has 0 spiro atoms. The summed E-state index contributed by atoms with van der Waals surface area (Å²) in [4.78, 5) is 23.6. The van der Waals surface area contributed by atoms with Crippen LogP contribution in [-0.4, -0.2) is 31.2 Å². The Labute approximate surface area is 159 Å². The van der Waals surface area contributed by atoms with Crippen LogP contribution in [0.2, 0.25) is 0 Å². The van der Waals surface area contributed by atoms with Gasteiger partial charge in [-0.1, -0.05) is 49.4 Å². The smallest absolute Gasteiger partial charge is 0.305 e. The molecule has 2 aromatic carbocycles. The van der Waals surface area contributed by atoms with Gasteiger partial charge in [0, 0.05) is 6.42 Å². The Morgan fingerprint density at radius 2 is 1.67 bits per heavy atom. The second kappa shape index (κ2) is 9.32. The molecule has 1 atom stereocenters. The van der Waals surface area contributed by atoms with E-state index in [0.29, 0.717) is 6.42 Å². The van der Waals surface area contributed by atoms with Crippen LogP contribution < -0.4 is 5.32 Å². The summed E-state index contributed by atoms with van der Waals surface area (Å²) in [6, 6.07) is 14.9. The molecule has 6 nitrogen and oxygen atoms in total. The van der Waals surface area contributed by atoms with Gasteiger partial charge in [-0.15, -0.1) is 0 Å². The van der Waals surface area contributed by atoms with Gasteiger partial charge in [0.05, 0.1) is 23.1 Å². The van der Waals surface area contributed by atoms with Crippen LogP contribution in [0.1, 0.15) is 36.9 Å². The van der Waals surface area contributed by atoms with E-state index >= 15 is 0 Å². The second-order valence-corrected chi connectivity index (χ2v) is 8.45. The van der Waals surface area contributed by atoms with E-state index in [-0.39, 0.29) is 29.4 Å². The normalized spacial score (nSPS) is 12.3. The van der Waals surface area contributed by atoms with Crippen LogP contribution in [0.4, 0.5) is 0 Å². The lowest BCUT2D eigenvalue weighted by Crippen LogP contribution is -2.30. The number of hydrogen-bond donors (Lipinski definition) is 2. The summed E-state index contributed by atoms with van der Waals surface area (Å²) in [7, 11) is -3.24. The summed E-state index contributed by atoms with van der Waals surface area (Å²) in [5.41, 5.74) is 1.58. The number of sulfone groups is 1. The molecule has 144 valence electrons. The number of nitrogens with one attached hydrogen (secondary N) is 1. The van der Waals surface area contributed by atoms with E-state index in [1.54, 1.807) is 55.5 Å². The molecule has 2 aromatic rings. The standard InChI is InChI=1S/C20H23NO5S/c1-2-27(25,26)17-11-8-15(9-12-17)10-13-19(22)21-18(14-20(23)24)16-6-4-3-5-7-16/h3-9,11-12,18H,2,10,13-14H2,1H3,(H,21,22)(H,23,24). The van der Waals surface area contributed by atoms with Gasteiger partial charge in [-0.25, -0.2) is 8.42 Å². The monoisotopic (exact) mass is 389 g/mol. The van der Waals surface area contributed by atoms with Crippen LogP contribution in [0, 0.1) is 0 Å². The van der Waals surface area contributed by atoms with Gasteiger partial charge in [0.1, 0.15) is 0 Å². The number of hydrogen-bond acceptors (Lipinski definition) is 4. The van der Waals surface area contributed by atoms with Gasteiger partial charge in [0.2, 0.25) is 5.91 Å². The van der Waals surface area contributed by atoms with Crippen molar-refractivity contribution in [1.29, 1.82) is 0 Å². The molecule has 0 heterocycles. The topological polar surface area (TPSA) is 101 Å². The van der Waals surface area contributed by atoms with Crippen molar-refractivity contribution < 1.29 is 23.1 Å². The first-order valence-corrected chi connectivity index (χ1v) is 10.3. The number of carboxylic acid groups (broad SMARTS) is 1. The molecule has 7 heteroatoms. The Morgan fingerprint density at radius 3 is 2.22 bits per heavy atom. The largest absolute Gasteiger partial charge is 0.481 e. The first-order valence-electron chi connectivity index (χ1n) is 8.69. The SMILES string of the molecule is CCS(=O)(=O)c1ccc(CCC(=O)NC(CC(=O)O)c2ccccc2)cc1. The average Bonchev–Trinajstić information content (AvgIpc) is 2.66. The third-order valence-corrected chi connectivity index (χ3v) is 5.97. The quantitative estimate of drug-likeness (QED) is 0.687. The molecule has 0 aromatic heterocycles. The Bertz CT molecular complexity index is 876. The number of carbonyl (C=O) groups excluding carboxylic acids is 1. The minimum Gasteiger partial charge on any atom is -0.481 e. The van der Waals surface area contributed by atoms with Crippen molar-refractivity contribution in [2.75, 3.05) is 5.75 Å². The summed E-state index contributed by atoms with van der Waals surface area (Å²) < 4.78 is 23.6. The van der Waals surface area contributed by atoms with Gasteiger partial charge >= 0.3 is 5.97 Å². The van der Waals surface area contributed by atoms with E-state index in [4.69, 9.17) is 5.11 Å². The third-order valence-electron chi connectivity index (χ3n) is 4.22. The van der Waals surface area contributed by atoms with Crippen LogP contribution in [0.15, 0.2) is 59.5 Å². The first-order chi connectivity index (χ1) is 12.8. The minimum absolute atomic E-state index is 0.0409. The van der Waals surface area contributed by atoms with Gasteiger partial charge in [0.25, 0.3) is 0 Å². The lowest BCUT2D eigenvalue weighted by atomic mass is 10.0. The third kappa shape index (κ3) is 6.21. The maximum atomic E-state index is 12.3. The fourth-order valence-electron chi connectivity index (χ4n) is 2.67. The second-order valence-electron chi connectivity index (χ2n) is 6.18.